The fourth-order valence-corrected chi connectivity index (χ4v) is 16.2. The maximum Gasteiger partial charge on any atom is 2.00 e. The summed E-state index contributed by atoms with van der Waals surface area (Å²) in [5.41, 5.74) is 0. The summed E-state index contributed by atoms with van der Waals surface area (Å²) < 4.78 is 148. The van der Waals surface area contributed by atoms with Gasteiger partial charge in [-0.25, -0.2) is 33.7 Å². The molecule has 20 unspecified atom stereocenters. The predicted molar refractivity (Wildman–Crippen MR) is 193 cm³/mol. The Morgan fingerprint density at radius 3 is 0.836 bits per heavy atom. The van der Waals surface area contributed by atoms with Crippen molar-refractivity contribution < 1.29 is 187 Å². The molecule has 4 aliphatic carbocycles. The van der Waals surface area contributed by atoms with Crippen LogP contribution in [-0.4, -0.2) is 122 Å². The van der Waals surface area contributed by atoms with Gasteiger partial charge in [-0.15, -0.1) is 0 Å². The molecule has 4 saturated carbocycles. The summed E-state index contributed by atoms with van der Waals surface area (Å²) in [4.78, 5) is 0. The molecule has 0 amide bonds. The molecule has 0 aromatic carbocycles. The fourth-order valence-electron chi connectivity index (χ4n) is 12.7. The monoisotopic (exact) mass is 1020 g/mol. The van der Waals surface area contributed by atoms with Crippen molar-refractivity contribution >= 4 is 40.5 Å². The summed E-state index contributed by atoms with van der Waals surface area (Å²) in [6, 6.07) is 0. The first-order chi connectivity index (χ1) is 26.2. The second-order valence-electron chi connectivity index (χ2n) is 18.0. The van der Waals surface area contributed by atoms with E-state index in [-0.39, 0.29) is 233 Å². The molecule has 0 radical (unpaired) electrons. The zero-order chi connectivity index (χ0) is 39.7. The van der Waals surface area contributed by atoms with Crippen LogP contribution >= 0.6 is 0 Å². The Labute approximate surface area is 458 Å². The van der Waals surface area contributed by atoms with E-state index in [0.29, 0.717) is 25.7 Å². The average molecular weight is 1020 g/mol. The van der Waals surface area contributed by atoms with Crippen LogP contribution in [0.15, 0.2) is 0 Å². The summed E-state index contributed by atoms with van der Waals surface area (Å²) in [5.74, 6) is -2.09. The molecular weight excluding hydrogens is 967 g/mol. The Bertz CT molecular complexity index is 2010. The number of nitrogens with one attached hydrogen (secondary N) is 6. The summed E-state index contributed by atoms with van der Waals surface area (Å²) in [6.45, 7) is 0. The van der Waals surface area contributed by atoms with Crippen LogP contribution in [0.5, 0.6) is 0 Å². The summed E-state index contributed by atoms with van der Waals surface area (Å²) in [5, 5.41) is 27.7. The van der Waals surface area contributed by atoms with E-state index in [1.54, 1.807) is 0 Å². The van der Waals surface area contributed by atoms with E-state index in [4.69, 9.17) is 10.6 Å². The first-order valence-corrected chi connectivity index (χ1v) is 25.9. The summed E-state index contributed by atoms with van der Waals surface area (Å²) in [7, 11) is -18.4. The molecule has 0 aromatic heterocycles. The van der Waals surface area contributed by atoms with Crippen molar-refractivity contribution in [1.29, 1.82) is 0 Å². The summed E-state index contributed by atoms with van der Waals surface area (Å²) >= 11 is 0. The fraction of sp³-hybridized carbons (Fsp3) is 1.00. The first-order valence-electron chi connectivity index (χ1n) is 20.0. The van der Waals surface area contributed by atoms with Crippen LogP contribution in [-0.2, 0) is 57.0 Å². The zero-order valence-corrected chi connectivity index (χ0v) is 47.0. The molecule has 20 nitrogen and oxygen atoms in total. The van der Waals surface area contributed by atoms with Crippen molar-refractivity contribution in [2.75, 3.05) is 0 Å². The molecule has 29 heteroatoms. The van der Waals surface area contributed by atoms with Gasteiger partial charge in [-0.05, 0) is 124 Å². The Morgan fingerprint density at radius 1 is 0.328 bits per heavy atom. The summed E-state index contributed by atoms with van der Waals surface area (Å²) in [6.07, 6.45) is -1.62. The van der Waals surface area contributed by atoms with Gasteiger partial charge in [0.2, 0.25) is 0 Å². The quantitative estimate of drug-likeness (QED) is 0.113. The third-order valence-corrected chi connectivity index (χ3v) is 20.3. The molecule has 6 N–H and O–H groups in total. The van der Waals surface area contributed by atoms with Gasteiger partial charge in [0.1, 0.15) is 0 Å². The topological polar surface area (TPSA) is 329 Å². The van der Waals surface area contributed by atoms with Gasteiger partial charge in [0.15, 0.2) is 0 Å². The minimum Gasteiger partial charge on any atom is -0.748 e. The van der Waals surface area contributed by atoms with Crippen molar-refractivity contribution in [1.82, 2.24) is 31.9 Å². The Balaban J connectivity index is 0.00000164. The van der Waals surface area contributed by atoms with Crippen molar-refractivity contribution in [2.45, 2.75) is 147 Å². The third-order valence-electron chi connectivity index (χ3n) is 15.4. The van der Waals surface area contributed by atoms with Gasteiger partial charge in [0, 0.05) is 21.0 Å². The van der Waals surface area contributed by atoms with Crippen LogP contribution in [0.1, 0.15) is 77.0 Å². The molecule has 328 valence electrons. The predicted octanol–water partition coefficient (Wildman–Crippen LogP) is -13.7. The number of fused-ring (bicyclic) bond motifs is 20. The molecule has 0 spiro atoms. The largest absolute Gasteiger partial charge is 2.00 e. The standard InChI is InChI=1S/C32H54N8O12S4.4Na.Ni/c41-53(42,43)13-1-5-17-21(9-13)29-34-25(17)33-26-18-6-2-15(55(47,48)49)11-23(18)31(35-26)40-32-24-12-16(56(50,51)52)4-8-20(24)28(39-32)38-30-22-10-14(54(44,45)46)3-7-19(22)27(36-29)37-30;;;;;/h13-34,36,38-40H,1-12H2,(H,41,42,43)(H,44,45,46)(H,47,48,49)(H,50,51,52);;;;;/q-2;4*+1;+2/p-4. The van der Waals surface area contributed by atoms with Crippen LogP contribution in [0.4, 0.5) is 0 Å². The van der Waals surface area contributed by atoms with Gasteiger partial charge in [0.25, 0.3) is 0 Å². The van der Waals surface area contributed by atoms with E-state index in [1.165, 1.54) is 0 Å². The Hall–Kier alpha value is 3.81. The van der Waals surface area contributed by atoms with Crippen LogP contribution in [0.25, 0.3) is 10.6 Å². The second kappa shape index (κ2) is 21.7. The van der Waals surface area contributed by atoms with E-state index >= 15 is 0 Å². The van der Waals surface area contributed by atoms with Crippen molar-refractivity contribution in [2.24, 2.45) is 47.3 Å². The molecule has 5 heterocycles. The van der Waals surface area contributed by atoms with Gasteiger partial charge in [-0.3, -0.25) is 10.6 Å². The number of rotatable bonds is 4. The SMILES string of the molecule is O=S(=O)([O-])C1CCC2C3[N-]C(NC4NC(NC5[N-]C(NC6NC(N3)C3CC(S(=O)(=O)[O-])CCC63)C3CCC(S(=O)(=O)[O-])CC53)C3CC(S(=O)(=O)[O-])CCC43)C2C1.[Na+].[Na+].[Na+].[Na+].[Ni+2]. The molecule has 0 aromatic rings. The van der Waals surface area contributed by atoms with Crippen LogP contribution in [0.3, 0.4) is 0 Å². The Morgan fingerprint density at radius 2 is 0.557 bits per heavy atom. The van der Waals surface area contributed by atoms with E-state index in [0.717, 1.165) is 0 Å². The smallest absolute Gasteiger partial charge is 0.748 e. The molecule has 5 saturated heterocycles. The minimum absolute atomic E-state index is 0. The van der Waals surface area contributed by atoms with E-state index < -0.39 is 111 Å². The maximum atomic E-state index is 12.3. The molecule has 5 aliphatic heterocycles. The van der Waals surface area contributed by atoms with Crippen LogP contribution in [0.2, 0.25) is 0 Å². The van der Waals surface area contributed by atoms with E-state index in [9.17, 15) is 51.9 Å². The van der Waals surface area contributed by atoms with Gasteiger partial charge in [-0.2, -0.15) is 0 Å². The molecule has 61 heavy (non-hydrogen) atoms. The van der Waals surface area contributed by atoms with Gasteiger partial charge >= 0.3 is 135 Å². The van der Waals surface area contributed by atoms with Gasteiger partial charge in [0.05, 0.1) is 65.1 Å². The minimum atomic E-state index is -4.61. The van der Waals surface area contributed by atoms with Crippen LogP contribution in [0, 0.1) is 47.3 Å². The molecule has 8 bridgehead atoms. The Kier molecular flexibility index (Phi) is 20.4. The van der Waals surface area contributed by atoms with Gasteiger partial charge < -0.3 is 50.1 Å². The third kappa shape index (κ3) is 11.8. The van der Waals surface area contributed by atoms with Crippen molar-refractivity contribution in [3.8, 4) is 0 Å². The molecular formula is C32H50N8Na4NiO12S4. The van der Waals surface area contributed by atoms with E-state index in [1.807, 2.05) is 0 Å². The van der Waals surface area contributed by atoms with E-state index in [2.05, 4.69) is 31.9 Å². The molecule has 9 rings (SSSR count). The number of hydrogen-bond donors (Lipinski definition) is 6. The average Bonchev–Trinajstić information content (AvgIpc) is 3.84. The molecule has 20 atom stereocenters. The molecule has 9 fully saturated rings. The number of hydrogen-bond acceptors (Lipinski definition) is 18. The number of nitrogens with zero attached hydrogens (tertiary/aromatic N) is 2. The maximum absolute atomic E-state index is 12.3. The first kappa shape index (κ1) is 57.4. The van der Waals surface area contributed by atoms with Crippen molar-refractivity contribution in [3.05, 3.63) is 10.6 Å². The van der Waals surface area contributed by atoms with Crippen molar-refractivity contribution in [3.63, 3.8) is 0 Å². The second-order valence-corrected chi connectivity index (χ2v) is 24.6. The van der Waals surface area contributed by atoms with Gasteiger partial charge in [-0.1, -0.05) is 24.7 Å². The normalized spacial score (nSPS) is 46.9. The molecule has 9 aliphatic rings. The zero-order valence-electron chi connectivity index (χ0n) is 34.8. The van der Waals surface area contributed by atoms with Crippen LogP contribution < -0.4 is 150 Å².